The Balaban J connectivity index is 1.70. The van der Waals surface area contributed by atoms with E-state index in [0.29, 0.717) is 18.2 Å². The molecular weight excluding hydrogens is 310 g/mol. The molecule has 2 N–H and O–H groups in total. The van der Waals surface area contributed by atoms with E-state index in [1.807, 2.05) is 0 Å². The average molecular weight is 330 g/mol. The van der Waals surface area contributed by atoms with Gasteiger partial charge in [0, 0.05) is 36.8 Å². The summed E-state index contributed by atoms with van der Waals surface area (Å²) in [6.07, 6.45) is 1.76. The number of carbonyl (C=O) groups excluding carboxylic acids is 1. The topological polar surface area (TPSA) is 57.4 Å². The first kappa shape index (κ1) is 14.6. The predicted molar refractivity (Wildman–Crippen MR) is 77.2 cm³/mol. The number of nitrogens with one attached hydrogen (secondary N) is 2. The molecule has 0 aliphatic carbocycles. The smallest absolute Gasteiger partial charge is 0.267 e. The Morgan fingerprint density at radius 2 is 2.32 bits per heavy atom. The Kier molecular flexibility index (Phi) is 5.42. The molecule has 19 heavy (non-hydrogen) atoms. The highest BCUT2D eigenvalue weighted by atomic mass is 79.9. The molecule has 2 rings (SSSR count). The van der Waals surface area contributed by atoms with E-state index >= 15 is 0 Å². The third-order valence-electron chi connectivity index (χ3n) is 3.18. The van der Waals surface area contributed by atoms with Gasteiger partial charge in [-0.15, -0.1) is 0 Å². The minimum absolute atomic E-state index is 0.0560. The van der Waals surface area contributed by atoms with Gasteiger partial charge in [0.2, 0.25) is 0 Å². The van der Waals surface area contributed by atoms with Crippen molar-refractivity contribution in [3.63, 3.8) is 0 Å². The van der Waals surface area contributed by atoms with Crippen LogP contribution in [0.3, 0.4) is 0 Å². The number of morpholine rings is 1. The largest absolute Gasteiger partial charge is 0.379 e. The zero-order valence-corrected chi connectivity index (χ0v) is 12.7. The van der Waals surface area contributed by atoms with Crippen molar-refractivity contribution in [1.82, 2.24) is 15.2 Å². The standard InChI is InChI=1S/C13H20BrN3O2/c1-10(9-17-2-4-19-5-3-17)7-16-13(18)12-6-11(14)8-15-12/h6,8,10,15H,2-5,7,9H2,1H3,(H,16,18). The van der Waals surface area contributed by atoms with E-state index in [-0.39, 0.29) is 5.91 Å². The van der Waals surface area contributed by atoms with Crippen LogP contribution in [0, 0.1) is 5.92 Å². The predicted octanol–water partition coefficient (Wildman–Crippen LogP) is 1.48. The molecule has 1 atom stereocenters. The van der Waals surface area contributed by atoms with E-state index in [0.717, 1.165) is 37.3 Å². The van der Waals surface area contributed by atoms with Gasteiger partial charge < -0.3 is 15.0 Å². The van der Waals surface area contributed by atoms with Gasteiger partial charge in [0.1, 0.15) is 5.69 Å². The van der Waals surface area contributed by atoms with Gasteiger partial charge in [-0.05, 0) is 27.9 Å². The first-order chi connectivity index (χ1) is 9.15. The van der Waals surface area contributed by atoms with Crippen LogP contribution in [-0.2, 0) is 4.74 Å². The van der Waals surface area contributed by atoms with E-state index in [1.54, 1.807) is 12.3 Å². The molecular formula is C13H20BrN3O2. The fraction of sp³-hybridized carbons (Fsp3) is 0.615. The lowest BCUT2D eigenvalue weighted by molar-refractivity contribution is 0.0317. The maximum Gasteiger partial charge on any atom is 0.267 e. The molecule has 6 heteroatoms. The van der Waals surface area contributed by atoms with E-state index in [4.69, 9.17) is 4.74 Å². The molecule has 1 amide bonds. The summed E-state index contributed by atoms with van der Waals surface area (Å²) in [5.74, 6) is 0.375. The summed E-state index contributed by atoms with van der Waals surface area (Å²) >= 11 is 3.32. The lowest BCUT2D eigenvalue weighted by Gasteiger charge is -2.29. The molecule has 0 saturated carbocycles. The Hall–Kier alpha value is -0.850. The minimum atomic E-state index is -0.0560. The molecule has 0 radical (unpaired) electrons. The van der Waals surface area contributed by atoms with Crippen molar-refractivity contribution in [3.05, 3.63) is 22.4 Å². The Labute approximate surface area is 121 Å². The highest BCUT2D eigenvalue weighted by molar-refractivity contribution is 9.10. The molecule has 1 unspecified atom stereocenters. The number of rotatable bonds is 5. The first-order valence-electron chi connectivity index (χ1n) is 6.57. The SMILES string of the molecule is CC(CNC(=O)c1cc(Br)c[nH]1)CN1CCOCC1. The minimum Gasteiger partial charge on any atom is -0.379 e. The van der Waals surface area contributed by atoms with Crippen LogP contribution in [0.2, 0.25) is 0 Å². The van der Waals surface area contributed by atoms with Gasteiger partial charge in [-0.3, -0.25) is 9.69 Å². The quantitative estimate of drug-likeness (QED) is 0.860. The van der Waals surface area contributed by atoms with E-state index in [9.17, 15) is 4.79 Å². The second-order valence-corrected chi connectivity index (χ2v) is 5.88. The number of H-pyrrole nitrogens is 1. The highest BCUT2D eigenvalue weighted by Gasteiger charge is 2.15. The molecule has 2 heterocycles. The van der Waals surface area contributed by atoms with Crippen LogP contribution >= 0.6 is 15.9 Å². The van der Waals surface area contributed by atoms with Crippen LogP contribution < -0.4 is 5.32 Å². The maximum absolute atomic E-state index is 11.9. The monoisotopic (exact) mass is 329 g/mol. The van der Waals surface area contributed by atoms with Gasteiger partial charge in [0.25, 0.3) is 5.91 Å². The third kappa shape index (κ3) is 4.63. The second kappa shape index (κ2) is 7.07. The molecule has 1 fully saturated rings. The first-order valence-corrected chi connectivity index (χ1v) is 7.36. The maximum atomic E-state index is 11.9. The summed E-state index contributed by atoms with van der Waals surface area (Å²) < 4.78 is 6.21. The van der Waals surface area contributed by atoms with Crippen molar-refractivity contribution < 1.29 is 9.53 Å². The summed E-state index contributed by atoms with van der Waals surface area (Å²) in [5, 5.41) is 2.95. The molecule has 1 aliphatic rings. The van der Waals surface area contributed by atoms with Gasteiger partial charge in [0.15, 0.2) is 0 Å². The zero-order chi connectivity index (χ0) is 13.7. The summed E-state index contributed by atoms with van der Waals surface area (Å²) in [6.45, 7) is 7.44. The van der Waals surface area contributed by atoms with Gasteiger partial charge in [-0.2, -0.15) is 0 Å². The fourth-order valence-corrected chi connectivity index (χ4v) is 2.49. The Morgan fingerprint density at radius 1 is 1.58 bits per heavy atom. The number of halogens is 1. The second-order valence-electron chi connectivity index (χ2n) is 4.96. The number of nitrogens with zero attached hydrogens (tertiary/aromatic N) is 1. The van der Waals surface area contributed by atoms with Crippen LogP contribution in [0.1, 0.15) is 17.4 Å². The number of aromatic nitrogens is 1. The zero-order valence-electron chi connectivity index (χ0n) is 11.1. The molecule has 1 aromatic rings. The van der Waals surface area contributed by atoms with Crippen LogP contribution in [0.5, 0.6) is 0 Å². The lowest BCUT2D eigenvalue weighted by Crippen LogP contribution is -2.41. The van der Waals surface area contributed by atoms with Crippen molar-refractivity contribution >= 4 is 21.8 Å². The molecule has 0 aromatic carbocycles. The van der Waals surface area contributed by atoms with E-state index < -0.39 is 0 Å². The Bertz CT molecular complexity index is 416. The summed E-state index contributed by atoms with van der Waals surface area (Å²) in [5.41, 5.74) is 0.588. The molecule has 0 spiro atoms. The van der Waals surface area contributed by atoms with Gasteiger partial charge >= 0.3 is 0 Å². The number of amides is 1. The summed E-state index contributed by atoms with van der Waals surface area (Å²) in [4.78, 5) is 17.2. The van der Waals surface area contributed by atoms with Gasteiger partial charge in [-0.25, -0.2) is 0 Å². The summed E-state index contributed by atoms with van der Waals surface area (Å²) in [7, 11) is 0. The fourth-order valence-electron chi connectivity index (χ4n) is 2.15. The van der Waals surface area contributed by atoms with Crippen molar-refractivity contribution in [2.45, 2.75) is 6.92 Å². The van der Waals surface area contributed by atoms with Crippen LogP contribution in [-0.4, -0.2) is 55.2 Å². The number of hydrogen-bond acceptors (Lipinski definition) is 3. The Morgan fingerprint density at radius 3 is 2.95 bits per heavy atom. The van der Waals surface area contributed by atoms with E-state index in [2.05, 4.69) is 38.1 Å². The summed E-state index contributed by atoms with van der Waals surface area (Å²) in [6, 6.07) is 1.78. The van der Waals surface area contributed by atoms with Gasteiger partial charge in [0.05, 0.1) is 13.2 Å². The molecule has 1 aromatic heterocycles. The van der Waals surface area contributed by atoms with Crippen molar-refractivity contribution in [2.75, 3.05) is 39.4 Å². The number of carbonyl (C=O) groups is 1. The van der Waals surface area contributed by atoms with Crippen molar-refractivity contribution in [2.24, 2.45) is 5.92 Å². The number of aromatic amines is 1. The van der Waals surface area contributed by atoms with Crippen LogP contribution in [0.4, 0.5) is 0 Å². The normalized spacial score (nSPS) is 18.2. The highest BCUT2D eigenvalue weighted by Crippen LogP contribution is 2.10. The van der Waals surface area contributed by atoms with Crippen LogP contribution in [0.15, 0.2) is 16.7 Å². The molecule has 106 valence electrons. The molecule has 0 bridgehead atoms. The third-order valence-corrected chi connectivity index (χ3v) is 3.63. The molecule has 5 nitrogen and oxygen atoms in total. The number of hydrogen-bond donors (Lipinski definition) is 2. The van der Waals surface area contributed by atoms with Crippen molar-refractivity contribution in [1.29, 1.82) is 0 Å². The van der Waals surface area contributed by atoms with Crippen LogP contribution in [0.25, 0.3) is 0 Å². The van der Waals surface area contributed by atoms with Gasteiger partial charge in [-0.1, -0.05) is 6.92 Å². The molecule has 1 saturated heterocycles. The average Bonchev–Trinajstić information content (AvgIpc) is 2.84. The molecule has 1 aliphatic heterocycles. The lowest BCUT2D eigenvalue weighted by atomic mass is 10.1. The number of ether oxygens (including phenoxy) is 1. The van der Waals surface area contributed by atoms with Crippen molar-refractivity contribution in [3.8, 4) is 0 Å². The van der Waals surface area contributed by atoms with E-state index in [1.165, 1.54) is 0 Å².